The molecular formula is C14H20N2O2. The molecule has 98 valence electrons. The standard InChI is InChI=1S/C14H20N2O2/c15-11-7-3-4-8-12(11)16-13(17)9-5-1-2-6-10(9)14(16)18/h1-2,9-12H,3-8,15H2/t9-,10+,11-,12-/m1/s1. The van der Waals surface area contributed by atoms with Crippen LogP contribution in [0.5, 0.6) is 0 Å². The van der Waals surface area contributed by atoms with E-state index in [1.165, 1.54) is 4.90 Å². The second-order valence-electron chi connectivity index (χ2n) is 5.72. The van der Waals surface area contributed by atoms with Crippen LogP contribution in [0.3, 0.4) is 0 Å². The first kappa shape index (κ1) is 11.9. The molecule has 1 saturated carbocycles. The number of nitrogens with zero attached hydrogens (tertiary/aromatic N) is 1. The lowest BCUT2D eigenvalue weighted by Gasteiger charge is -2.34. The van der Waals surface area contributed by atoms with E-state index in [-0.39, 0.29) is 35.7 Å². The fraction of sp³-hybridized carbons (Fsp3) is 0.714. The van der Waals surface area contributed by atoms with Crippen molar-refractivity contribution in [1.29, 1.82) is 0 Å². The van der Waals surface area contributed by atoms with Gasteiger partial charge in [-0.15, -0.1) is 0 Å². The zero-order chi connectivity index (χ0) is 12.7. The smallest absolute Gasteiger partial charge is 0.233 e. The summed E-state index contributed by atoms with van der Waals surface area (Å²) in [7, 11) is 0. The molecule has 4 atom stereocenters. The summed E-state index contributed by atoms with van der Waals surface area (Å²) in [5.74, 6) is -0.179. The molecule has 1 saturated heterocycles. The lowest BCUT2D eigenvalue weighted by molar-refractivity contribution is -0.143. The number of fused-ring (bicyclic) bond motifs is 1. The first-order valence-corrected chi connectivity index (χ1v) is 6.97. The largest absolute Gasteiger partial charge is 0.326 e. The molecule has 0 aromatic rings. The number of hydrogen-bond acceptors (Lipinski definition) is 3. The molecule has 4 nitrogen and oxygen atoms in total. The van der Waals surface area contributed by atoms with Crippen molar-refractivity contribution in [2.24, 2.45) is 17.6 Å². The number of amides is 2. The molecule has 0 unspecified atom stereocenters. The first-order valence-electron chi connectivity index (χ1n) is 6.97. The lowest BCUT2D eigenvalue weighted by atomic mass is 9.85. The SMILES string of the molecule is N[C@@H]1CCCC[C@H]1N1C(=O)[C@H]2CC=CC[C@H]2C1=O. The van der Waals surface area contributed by atoms with Crippen LogP contribution in [0.25, 0.3) is 0 Å². The Kier molecular flexibility index (Phi) is 2.98. The minimum absolute atomic E-state index is 0.0247. The van der Waals surface area contributed by atoms with Gasteiger partial charge in [0.2, 0.25) is 11.8 Å². The van der Waals surface area contributed by atoms with Crippen LogP contribution >= 0.6 is 0 Å². The highest BCUT2D eigenvalue weighted by atomic mass is 16.2. The molecule has 18 heavy (non-hydrogen) atoms. The van der Waals surface area contributed by atoms with E-state index in [0.29, 0.717) is 12.8 Å². The summed E-state index contributed by atoms with van der Waals surface area (Å²) in [6.45, 7) is 0. The number of likely N-dealkylation sites (tertiary alicyclic amines) is 1. The zero-order valence-corrected chi connectivity index (χ0v) is 10.5. The number of hydrogen-bond donors (Lipinski definition) is 1. The van der Waals surface area contributed by atoms with Crippen molar-refractivity contribution in [2.45, 2.75) is 50.6 Å². The van der Waals surface area contributed by atoms with Crippen LogP contribution in [-0.4, -0.2) is 28.8 Å². The average molecular weight is 248 g/mol. The molecule has 2 fully saturated rings. The third-order valence-corrected chi connectivity index (χ3v) is 4.65. The summed E-state index contributed by atoms with van der Waals surface area (Å²) in [4.78, 5) is 26.3. The maximum absolute atomic E-state index is 12.4. The van der Waals surface area contributed by atoms with E-state index >= 15 is 0 Å². The van der Waals surface area contributed by atoms with E-state index in [1.54, 1.807) is 0 Å². The molecular weight excluding hydrogens is 228 g/mol. The molecule has 0 radical (unpaired) electrons. The third kappa shape index (κ3) is 1.70. The van der Waals surface area contributed by atoms with Gasteiger partial charge in [0.15, 0.2) is 0 Å². The van der Waals surface area contributed by atoms with Gasteiger partial charge in [0, 0.05) is 6.04 Å². The Morgan fingerprint density at radius 3 is 2.11 bits per heavy atom. The zero-order valence-electron chi connectivity index (χ0n) is 10.5. The van der Waals surface area contributed by atoms with Crippen molar-refractivity contribution in [2.75, 3.05) is 0 Å². The second-order valence-corrected chi connectivity index (χ2v) is 5.72. The second kappa shape index (κ2) is 4.50. The van der Waals surface area contributed by atoms with Crippen molar-refractivity contribution in [3.8, 4) is 0 Å². The fourth-order valence-corrected chi connectivity index (χ4v) is 3.61. The summed E-state index contributed by atoms with van der Waals surface area (Å²) in [5.41, 5.74) is 6.11. The summed E-state index contributed by atoms with van der Waals surface area (Å²) in [5, 5.41) is 0. The van der Waals surface area contributed by atoms with Crippen LogP contribution in [0.2, 0.25) is 0 Å². The van der Waals surface area contributed by atoms with Gasteiger partial charge in [0.1, 0.15) is 0 Å². The van der Waals surface area contributed by atoms with Crippen LogP contribution < -0.4 is 5.73 Å². The molecule has 2 aliphatic carbocycles. The Labute approximate surface area is 107 Å². The highest BCUT2D eigenvalue weighted by Crippen LogP contribution is 2.38. The summed E-state index contributed by atoms with van der Waals surface area (Å²) < 4.78 is 0. The van der Waals surface area contributed by atoms with E-state index in [1.807, 2.05) is 12.2 Å². The predicted octanol–water partition coefficient (Wildman–Crippen LogP) is 1.21. The van der Waals surface area contributed by atoms with E-state index < -0.39 is 0 Å². The van der Waals surface area contributed by atoms with Gasteiger partial charge in [-0.05, 0) is 25.7 Å². The Morgan fingerprint density at radius 2 is 1.56 bits per heavy atom. The monoisotopic (exact) mass is 248 g/mol. The molecule has 0 spiro atoms. The number of allylic oxidation sites excluding steroid dienone is 2. The lowest BCUT2D eigenvalue weighted by Crippen LogP contribution is -2.52. The van der Waals surface area contributed by atoms with Crippen molar-refractivity contribution in [3.05, 3.63) is 12.2 Å². The minimum Gasteiger partial charge on any atom is -0.326 e. The van der Waals surface area contributed by atoms with Crippen LogP contribution in [0.15, 0.2) is 12.2 Å². The number of imide groups is 1. The highest BCUT2D eigenvalue weighted by Gasteiger charge is 2.50. The van der Waals surface area contributed by atoms with Gasteiger partial charge in [0.25, 0.3) is 0 Å². The molecule has 0 aromatic carbocycles. The predicted molar refractivity (Wildman–Crippen MR) is 67.4 cm³/mol. The van der Waals surface area contributed by atoms with Gasteiger partial charge < -0.3 is 5.73 Å². The van der Waals surface area contributed by atoms with Gasteiger partial charge in [-0.3, -0.25) is 14.5 Å². The van der Waals surface area contributed by atoms with Crippen LogP contribution in [0, 0.1) is 11.8 Å². The Bertz CT molecular complexity index is 379. The van der Waals surface area contributed by atoms with Gasteiger partial charge in [-0.2, -0.15) is 0 Å². The first-order chi connectivity index (χ1) is 8.70. The number of nitrogens with two attached hydrogens (primary N) is 1. The molecule has 2 amide bonds. The third-order valence-electron chi connectivity index (χ3n) is 4.65. The molecule has 0 aromatic heterocycles. The van der Waals surface area contributed by atoms with Gasteiger partial charge in [0.05, 0.1) is 17.9 Å². The van der Waals surface area contributed by atoms with Gasteiger partial charge in [-0.25, -0.2) is 0 Å². The highest BCUT2D eigenvalue weighted by molar-refractivity contribution is 6.05. The molecule has 4 heteroatoms. The van der Waals surface area contributed by atoms with Crippen molar-refractivity contribution in [1.82, 2.24) is 4.90 Å². The molecule has 2 N–H and O–H groups in total. The minimum atomic E-state index is -0.114. The number of rotatable bonds is 1. The molecule has 3 aliphatic rings. The molecule has 3 rings (SSSR count). The molecule has 0 bridgehead atoms. The topological polar surface area (TPSA) is 63.4 Å². The molecule has 1 aliphatic heterocycles. The van der Waals surface area contributed by atoms with Gasteiger partial charge in [-0.1, -0.05) is 25.0 Å². The van der Waals surface area contributed by atoms with Crippen LogP contribution in [0.1, 0.15) is 38.5 Å². The summed E-state index contributed by atoms with van der Waals surface area (Å²) in [6.07, 6.45) is 9.47. The van der Waals surface area contributed by atoms with Gasteiger partial charge >= 0.3 is 0 Å². The Balaban J connectivity index is 1.84. The van der Waals surface area contributed by atoms with E-state index in [9.17, 15) is 9.59 Å². The quantitative estimate of drug-likeness (QED) is 0.560. The molecule has 1 heterocycles. The van der Waals surface area contributed by atoms with E-state index in [0.717, 1.165) is 25.7 Å². The van der Waals surface area contributed by atoms with E-state index in [2.05, 4.69) is 0 Å². The Morgan fingerprint density at radius 1 is 1.00 bits per heavy atom. The van der Waals surface area contributed by atoms with Crippen molar-refractivity contribution in [3.63, 3.8) is 0 Å². The fourth-order valence-electron chi connectivity index (χ4n) is 3.61. The number of carbonyl (C=O) groups is 2. The average Bonchev–Trinajstić information content (AvgIpc) is 2.64. The van der Waals surface area contributed by atoms with Crippen LogP contribution in [-0.2, 0) is 9.59 Å². The Hall–Kier alpha value is -1.16. The number of carbonyl (C=O) groups excluding carboxylic acids is 2. The summed E-state index contributed by atoms with van der Waals surface area (Å²) >= 11 is 0. The van der Waals surface area contributed by atoms with Crippen molar-refractivity contribution < 1.29 is 9.59 Å². The van der Waals surface area contributed by atoms with Crippen LogP contribution in [0.4, 0.5) is 0 Å². The van der Waals surface area contributed by atoms with E-state index in [4.69, 9.17) is 5.73 Å². The van der Waals surface area contributed by atoms with Crippen molar-refractivity contribution >= 4 is 11.8 Å². The normalized spacial score (nSPS) is 40.2. The maximum Gasteiger partial charge on any atom is 0.233 e. The maximum atomic E-state index is 12.4. The summed E-state index contributed by atoms with van der Waals surface area (Å²) in [6, 6.07) is -0.0795.